The minimum Gasteiger partial charge on any atom is -0.495 e. The van der Waals surface area contributed by atoms with Gasteiger partial charge in [0.2, 0.25) is 0 Å². The number of nitrogens with zero attached hydrogens (tertiary/aromatic N) is 2. The first kappa shape index (κ1) is 13.4. The van der Waals surface area contributed by atoms with Gasteiger partial charge in [-0.05, 0) is 12.1 Å². The van der Waals surface area contributed by atoms with Gasteiger partial charge in [0.1, 0.15) is 11.4 Å². The minimum absolute atomic E-state index is 0.109. The van der Waals surface area contributed by atoms with Crippen LogP contribution in [0, 0.1) is 0 Å². The predicted octanol–water partition coefficient (Wildman–Crippen LogP) is 1.82. The standard InChI is InChI=1S/C9H12N2O2.C2H6/c1-11(2)9(12)8-5-4-7(13-3)6-10-8;1-2/h4-6H,1-3H3;1-2H3. The molecule has 0 aliphatic heterocycles. The molecule has 1 heterocycles. The third kappa shape index (κ3) is 3.97. The summed E-state index contributed by atoms with van der Waals surface area (Å²) in [6.07, 6.45) is 1.52. The summed E-state index contributed by atoms with van der Waals surface area (Å²) in [6.45, 7) is 4.00. The molecule has 0 bridgehead atoms. The Morgan fingerprint density at radius 3 is 2.27 bits per heavy atom. The van der Waals surface area contributed by atoms with Crippen molar-refractivity contribution in [3.8, 4) is 5.75 Å². The largest absolute Gasteiger partial charge is 0.495 e. The van der Waals surface area contributed by atoms with Crippen molar-refractivity contribution >= 4 is 5.91 Å². The number of ether oxygens (including phenoxy) is 1. The molecule has 1 rings (SSSR count). The summed E-state index contributed by atoms with van der Waals surface area (Å²) in [5.41, 5.74) is 0.422. The number of rotatable bonds is 2. The van der Waals surface area contributed by atoms with Gasteiger partial charge >= 0.3 is 0 Å². The summed E-state index contributed by atoms with van der Waals surface area (Å²) in [6, 6.07) is 3.35. The Morgan fingerprint density at radius 1 is 1.33 bits per heavy atom. The molecular weight excluding hydrogens is 192 g/mol. The van der Waals surface area contributed by atoms with Crippen molar-refractivity contribution in [1.29, 1.82) is 0 Å². The maximum absolute atomic E-state index is 11.4. The first-order chi connectivity index (χ1) is 7.15. The lowest BCUT2D eigenvalue weighted by Gasteiger charge is -2.09. The van der Waals surface area contributed by atoms with E-state index in [-0.39, 0.29) is 5.91 Å². The van der Waals surface area contributed by atoms with Gasteiger partial charge in [0.05, 0.1) is 13.3 Å². The topological polar surface area (TPSA) is 42.4 Å². The van der Waals surface area contributed by atoms with Crippen LogP contribution in [0.15, 0.2) is 18.3 Å². The fraction of sp³-hybridized carbons (Fsp3) is 0.455. The molecule has 1 amide bonds. The normalized spacial score (nSPS) is 8.60. The molecule has 0 saturated carbocycles. The van der Waals surface area contributed by atoms with Gasteiger partial charge in [0.25, 0.3) is 5.91 Å². The molecular formula is C11H18N2O2. The van der Waals surface area contributed by atoms with E-state index in [1.165, 1.54) is 11.1 Å². The monoisotopic (exact) mass is 210 g/mol. The van der Waals surface area contributed by atoms with Gasteiger partial charge in [-0.2, -0.15) is 0 Å². The quantitative estimate of drug-likeness (QED) is 0.747. The molecule has 84 valence electrons. The predicted molar refractivity (Wildman–Crippen MR) is 60.2 cm³/mol. The van der Waals surface area contributed by atoms with Crippen LogP contribution in [0.5, 0.6) is 5.75 Å². The lowest BCUT2D eigenvalue weighted by Crippen LogP contribution is -2.22. The van der Waals surface area contributed by atoms with Gasteiger partial charge in [-0.25, -0.2) is 4.98 Å². The van der Waals surface area contributed by atoms with E-state index in [4.69, 9.17) is 4.74 Å². The summed E-state index contributed by atoms with van der Waals surface area (Å²) in [5, 5.41) is 0. The molecule has 4 nitrogen and oxygen atoms in total. The highest BCUT2D eigenvalue weighted by Crippen LogP contribution is 2.08. The number of hydrogen-bond acceptors (Lipinski definition) is 3. The SMILES string of the molecule is CC.COc1ccc(C(=O)N(C)C)nc1. The molecule has 0 unspecified atom stereocenters. The summed E-state index contributed by atoms with van der Waals surface area (Å²) in [4.78, 5) is 16.8. The first-order valence-corrected chi connectivity index (χ1v) is 4.87. The molecule has 4 heteroatoms. The zero-order chi connectivity index (χ0) is 11.8. The summed E-state index contributed by atoms with van der Waals surface area (Å²) in [5.74, 6) is 0.540. The van der Waals surface area contributed by atoms with E-state index in [2.05, 4.69) is 4.98 Å². The van der Waals surface area contributed by atoms with Crippen molar-refractivity contribution in [1.82, 2.24) is 9.88 Å². The second-order valence-electron chi connectivity index (χ2n) is 2.78. The molecule has 0 spiro atoms. The van der Waals surface area contributed by atoms with E-state index in [9.17, 15) is 4.79 Å². The molecule has 1 aromatic heterocycles. The number of carbonyl (C=O) groups excluding carboxylic acids is 1. The van der Waals surface area contributed by atoms with E-state index in [1.807, 2.05) is 13.8 Å². The van der Waals surface area contributed by atoms with E-state index >= 15 is 0 Å². The van der Waals surface area contributed by atoms with Gasteiger partial charge in [-0.3, -0.25) is 4.79 Å². The number of methoxy groups -OCH3 is 1. The zero-order valence-electron chi connectivity index (χ0n) is 9.94. The fourth-order valence-corrected chi connectivity index (χ4v) is 0.857. The maximum atomic E-state index is 11.4. The first-order valence-electron chi connectivity index (χ1n) is 4.87. The van der Waals surface area contributed by atoms with Crippen LogP contribution >= 0.6 is 0 Å². The molecule has 15 heavy (non-hydrogen) atoms. The highest BCUT2D eigenvalue weighted by atomic mass is 16.5. The second kappa shape index (κ2) is 6.81. The lowest BCUT2D eigenvalue weighted by molar-refractivity contribution is 0.0822. The minimum atomic E-state index is -0.109. The molecule has 0 aromatic carbocycles. The molecule has 1 aromatic rings. The van der Waals surface area contributed by atoms with Crippen molar-refractivity contribution in [3.05, 3.63) is 24.0 Å². The second-order valence-corrected chi connectivity index (χ2v) is 2.78. The van der Waals surface area contributed by atoms with Crippen LogP contribution in [0.4, 0.5) is 0 Å². The lowest BCUT2D eigenvalue weighted by atomic mass is 10.3. The van der Waals surface area contributed by atoms with Gasteiger partial charge in [0.15, 0.2) is 0 Å². The van der Waals surface area contributed by atoms with Crippen LogP contribution in [-0.2, 0) is 0 Å². The summed E-state index contributed by atoms with van der Waals surface area (Å²) < 4.78 is 4.92. The number of amides is 1. The van der Waals surface area contributed by atoms with E-state index in [0.29, 0.717) is 11.4 Å². The average molecular weight is 210 g/mol. The Hall–Kier alpha value is -1.58. The molecule has 0 aliphatic rings. The number of hydrogen-bond donors (Lipinski definition) is 0. The fourth-order valence-electron chi connectivity index (χ4n) is 0.857. The molecule has 0 aliphatic carbocycles. The van der Waals surface area contributed by atoms with E-state index in [1.54, 1.807) is 33.3 Å². The Kier molecular flexibility index (Phi) is 6.09. The smallest absolute Gasteiger partial charge is 0.271 e. The number of pyridine rings is 1. The molecule has 0 radical (unpaired) electrons. The van der Waals surface area contributed by atoms with Gasteiger partial charge in [-0.1, -0.05) is 13.8 Å². The Bertz CT molecular complexity index is 294. The van der Waals surface area contributed by atoms with Crippen molar-refractivity contribution in [2.75, 3.05) is 21.2 Å². The molecule has 0 N–H and O–H groups in total. The zero-order valence-corrected chi connectivity index (χ0v) is 9.94. The highest BCUT2D eigenvalue weighted by Gasteiger charge is 2.08. The van der Waals surface area contributed by atoms with Gasteiger partial charge < -0.3 is 9.64 Å². The molecule has 0 fully saturated rings. The average Bonchev–Trinajstić information content (AvgIpc) is 2.31. The third-order valence-electron chi connectivity index (χ3n) is 1.60. The van der Waals surface area contributed by atoms with Crippen LogP contribution in [-0.4, -0.2) is 37.0 Å². The molecule has 0 saturated heterocycles. The Labute approximate surface area is 90.9 Å². The van der Waals surface area contributed by atoms with Crippen molar-refractivity contribution < 1.29 is 9.53 Å². The highest BCUT2D eigenvalue weighted by molar-refractivity contribution is 5.91. The van der Waals surface area contributed by atoms with Crippen LogP contribution < -0.4 is 4.74 Å². The Morgan fingerprint density at radius 2 is 1.93 bits per heavy atom. The van der Waals surface area contributed by atoms with Crippen LogP contribution in [0.1, 0.15) is 24.3 Å². The van der Waals surface area contributed by atoms with Gasteiger partial charge in [0, 0.05) is 14.1 Å². The third-order valence-corrected chi connectivity index (χ3v) is 1.60. The van der Waals surface area contributed by atoms with Crippen molar-refractivity contribution in [2.24, 2.45) is 0 Å². The van der Waals surface area contributed by atoms with Crippen LogP contribution in [0.25, 0.3) is 0 Å². The summed E-state index contributed by atoms with van der Waals surface area (Å²) in [7, 11) is 4.94. The molecule has 0 atom stereocenters. The van der Waals surface area contributed by atoms with Crippen molar-refractivity contribution in [2.45, 2.75) is 13.8 Å². The van der Waals surface area contributed by atoms with Crippen LogP contribution in [0.2, 0.25) is 0 Å². The maximum Gasteiger partial charge on any atom is 0.271 e. The summed E-state index contributed by atoms with van der Waals surface area (Å²) >= 11 is 0. The number of carbonyl (C=O) groups is 1. The van der Waals surface area contributed by atoms with E-state index in [0.717, 1.165) is 0 Å². The van der Waals surface area contributed by atoms with Gasteiger partial charge in [-0.15, -0.1) is 0 Å². The van der Waals surface area contributed by atoms with Crippen molar-refractivity contribution in [3.63, 3.8) is 0 Å². The van der Waals surface area contributed by atoms with E-state index < -0.39 is 0 Å². The van der Waals surface area contributed by atoms with Crippen LogP contribution in [0.3, 0.4) is 0 Å². The Balaban J connectivity index is 0.000000921. The number of aromatic nitrogens is 1.